The largest absolute Gasteiger partial charge is 0.497 e. The van der Waals surface area contributed by atoms with Gasteiger partial charge in [0.1, 0.15) is 11.6 Å². The monoisotopic (exact) mass is 323 g/mol. The van der Waals surface area contributed by atoms with Gasteiger partial charge in [0.05, 0.1) is 17.6 Å². The lowest BCUT2D eigenvalue weighted by Gasteiger charge is -2.17. The van der Waals surface area contributed by atoms with Crippen LogP contribution in [0.4, 0.5) is 4.39 Å². The first kappa shape index (κ1) is 14.0. The van der Waals surface area contributed by atoms with Gasteiger partial charge in [0.2, 0.25) is 0 Å². The van der Waals surface area contributed by atoms with Crippen LogP contribution < -0.4 is 10.5 Å². The maximum atomic E-state index is 14.1. The fraction of sp³-hybridized carbons (Fsp3) is 0.200. The fourth-order valence-corrected chi connectivity index (χ4v) is 2.43. The molecular weight excluding hydrogens is 309 g/mol. The molecule has 2 aromatic carbocycles. The molecule has 0 amide bonds. The lowest BCUT2D eigenvalue weighted by molar-refractivity contribution is 0.414. The standard InChI is InChI=1S/C15H15BrFNO/c1-9-8-10(19-2)6-7-11(9)15(18)12-4-3-5-13(16)14(12)17/h3-8,15H,18H2,1-2H3. The first-order chi connectivity index (χ1) is 9.04. The van der Waals surface area contributed by atoms with Crippen LogP contribution in [0.1, 0.15) is 22.7 Å². The molecule has 19 heavy (non-hydrogen) atoms. The van der Waals surface area contributed by atoms with Crippen molar-refractivity contribution in [2.75, 3.05) is 7.11 Å². The molecule has 0 aromatic heterocycles. The van der Waals surface area contributed by atoms with Gasteiger partial charge in [0, 0.05) is 5.56 Å². The summed E-state index contributed by atoms with van der Waals surface area (Å²) in [7, 11) is 1.61. The van der Waals surface area contributed by atoms with E-state index in [1.807, 2.05) is 25.1 Å². The Labute approximate surface area is 120 Å². The molecule has 0 heterocycles. The second kappa shape index (κ2) is 5.72. The summed E-state index contributed by atoms with van der Waals surface area (Å²) in [5.74, 6) is 0.452. The molecule has 1 unspecified atom stereocenters. The van der Waals surface area contributed by atoms with Crippen LogP contribution in [0.15, 0.2) is 40.9 Å². The zero-order valence-electron chi connectivity index (χ0n) is 10.8. The molecule has 0 aliphatic rings. The summed E-state index contributed by atoms with van der Waals surface area (Å²) in [5, 5.41) is 0. The van der Waals surface area contributed by atoms with Gasteiger partial charge in [-0.2, -0.15) is 0 Å². The van der Waals surface area contributed by atoms with E-state index in [0.29, 0.717) is 10.0 Å². The zero-order valence-corrected chi connectivity index (χ0v) is 12.4. The molecule has 0 saturated heterocycles. The summed E-state index contributed by atoms with van der Waals surface area (Å²) >= 11 is 3.18. The van der Waals surface area contributed by atoms with Gasteiger partial charge in [0.25, 0.3) is 0 Å². The predicted octanol–water partition coefficient (Wildman–Crippen LogP) is 3.95. The van der Waals surface area contributed by atoms with Gasteiger partial charge in [0.15, 0.2) is 0 Å². The summed E-state index contributed by atoms with van der Waals surface area (Å²) in [6.07, 6.45) is 0. The van der Waals surface area contributed by atoms with E-state index < -0.39 is 6.04 Å². The minimum Gasteiger partial charge on any atom is -0.497 e. The Morgan fingerprint density at radius 1 is 1.21 bits per heavy atom. The van der Waals surface area contributed by atoms with E-state index in [4.69, 9.17) is 10.5 Å². The van der Waals surface area contributed by atoms with E-state index in [0.717, 1.165) is 16.9 Å². The summed E-state index contributed by atoms with van der Waals surface area (Å²) < 4.78 is 19.6. The molecule has 2 aromatic rings. The normalized spacial score (nSPS) is 12.3. The number of hydrogen-bond acceptors (Lipinski definition) is 2. The number of nitrogens with two attached hydrogens (primary N) is 1. The van der Waals surface area contributed by atoms with E-state index in [1.165, 1.54) is 0 Å². The number of methoxy groups -OCH3 is 1. The van der Waals surface area contributed by atoms with Gasteiger partial charge >= 0.3 is 0 Å². The molecule has 2 nitrogen and oxygen atoms in total. The maximum absolute atomic E-state index is 14.1. The molecule has 0 fully saturated rings. The van der Waals surface area contributed by atoms with Crippen molar-refractivity contribution >= 4 is 15.9 Å². The average molecular weight is 324 g/mol. The van der Waals surface area contributed by atoms with E-state index in [2.05, 4.69) is 15.9 Å². The number of rotatable bonds is 3. The fourth-order valence-electron chi connectivity index (χ4n) is 2.05. The Morgan fingerprint density at radius 2 is 1.95 bits per heavy atom. The lowest BCUT2D eigenvalue weighted by Crippen LogP contribution is -2.15. The molecule has 0 spiro atoms. The molecule has 0 saturated carbocycles. The van der Waals surface area contributed by atoms with Gasteiger partial charge in [-0.15, -0.1) is 0 Å². The minimum atomic E-state index is -0.497. The molecule has 2 N–H and O–H groups in total. The van der Waals surface area contributed by atoms with Crippen LogP contribution in [-0.2, 0) is 0 Å². The molecule has 0 aliphatic heterocycles. The van der Waals surface area contributed by atoms with Crippen molar-refractivity contribution in [3.05, 3.63) is 63.4 Å². The molecule has 0 bridgehead atoms. The van der Waals surface area contributed by atoms with Crippen molar-refractivity contribution in [2.24, 2.45) is 5.73 Å². The van der Waals surface area contributed by atoms with Crippen LogP contribution in [-0.4, -0.2) is 7.11 Å². The van der Waals surface area contributed by atoms with Gasteiger partial charge in [-0.1, -0.05) is 18.2 Å². The van der Waals surface area contributed by atoms with Crippen molar-refractivity contribution in [1.29, 1.82) is 0 Å². The summed E-state index contributed by atoms with van der Waals surface area (Å²) in [5.41, 5.74) is 8.52. The number of halogens is 2. The lowest BCUT2D eigenvalue weighted by atomic mass is 9.95. The van der Waals surface area contributed by atoms with Crippen LogP contribution >= 0.6 is 15.9 Å². The minimum absolute atomic E-state index is 0.315. The highest BCUT2D eigenvalue weighted by Gasteiger charge is 2.17. The van der Waals surface area contributed by atoms with Gasteiger partial charge in [-0.25, -0.2) is 4.39 Å². The Balaban J connectivity index is 2.44. The second-order valence-corrected chi connectivity index (χ2v) is 5.20. The zero-order chi connectivity index (χ0) is 14.0. The number of aryl methyl sites for hydroxylation is 1. The van der Waals surface area contributed by atoms with E-state index >= 15 is 0 Å². The highest BCUT2D eigenvalue weighted by Crippen LogP contribution is 2.29. The third-order valence-electron chi connectivity index (χ3n) is 3.13. The quantitative estimate of drug-likeness (QED) is 0.928. The molecule has 100 valence electrons. The van der Waals surface area contributed by atoms with E-state index in [9.17, 15) is 4.39 Å². The molecule has 1 atom stereocenters. The Hall–Kier alpha value is -1.39. The van der Waals surface area contributed by atoms with Crippen LogP contribution in [0, 0.1) is 12.7 Å². The third kappa shape index (κ3) is 2.80. The number of hydrogen-bond donors (Lipinski definition) is 1. The van der Waals surface area contributed by atoms with Crippen molar-refractivity contribution in [1.82, 2.24) is 0 Å². The van der Waals surface area contributed by atoms with Crippen molar-refractivity contribution in [3.63, 3.8) is 0 Å². The van der Waals surface area contributed by atoms with E-state index in [1.54, 1.807) is 25.3 Å². The highest BCUT2D eigenvalue weighted by atomic mass is 79.9. The van der Waals surface area contributed by atoms with Crippen LogP contribution in [0.25, 0.3) is 0 Å². The highest BCUT2D eigenvalue weighted by molar-refractivity contribution is 9.10. The van der Waals surface area contributed by atoms with E-state index in [-0.39, 0.29) is 5.82 Å². The summed E-state index contributed by atoms with van der Waals surface area (Å²) in [6.45, 7) is 1.94. The average Bonchev–Trinajstić information content (AvgIpc) is 2.41. The molecular formula is C15H15BrFNO. The summed E-state index contributed by atoms with van der Waals surface area (Å²) in [4.78, 5) is 0. The van der Waals surface area contributed by atoms with Crippen LogP contribution in [0.2, 0.25) is 0 Å². The smallest absolute Gasteiger partial charge is 0.142 e. The first-order valence-corrected chi connectivity index (χ1v) is 6.68. The predicted molar refractivity (Wildman–Crippen MR) is 77.9 cm³/mol. The van der Waals surface area contributed by atoms with Crippen molar-refractivity contribution in [2.45, 2.75) is 13.0 Å². The Kier molecular flexibility index (Phi) is 4.22. The van der Waals surface area contributed by atoms with Crippen molar-refractivity contribution < 1.29 is 9.13 Å². The maximum Gasteiger partial charge on any atom is 0.142 e. The second-order valence-electron chi connectivity index (χ2n) is 4.34. The molecule has 0 radical (unpaired) electrons. The summed E-state index contributed by atoms with van der Waals surface area (Å²) in [6, 6.07) is 10.2. The van der Waals surface area contributed by atoms with Gasteiger partial charge < -0.3 is 10.5 Å². The Bertz CT molecular complexity index is 601. The molecule has 2 rings (SSSR count). The van der Waals surface area contributed by atoms with Crippen molar-refractivity contribution in [3.8, 4) is 5.75 Å². The SMILES string of the molecule is COc1ccc(C(N)c2cccc(Br)c2F)c(C)c1. The van der Waals surface area contributed by atoms with Gasteiger partial charge in [-0.05, 0) is 52.2 Å². The third-order valence-corrected chi connectivity index (χ3v) is 3.74. The molecule has 4 heteroatoms. The number of ether oxygens (including phenoxy) is 1. The van der Waals surface area contributed by atoms with Crippen LogP contribution in [0.3, 0.4) is 0 Å². The van der Waals surface area contributed by atoms with Gasteiger partial charge in [-0.3, -0.25) is 0 Å². The number of benzene rings is 2. The molecule has 0 aliphatic carbocycles. The Morgan fingerprint density at radius 3 is 2.58 bits per heavy atom. The topological polar surface area (TPSA) is 35.2 Å². The van der Waals surface area contributed by atoms with Crippen LogP contribution in [0.5, 0.6) is 5.75 Å². The first-order valence-electron chi connectivity index (χ1n) is 5.88.